The summed E-state index contributed by atoms with van der Waals surface area (Å²) in [5.74, 6) is -2.26. The predicted octanol–water partition coefficient (Wildman–Crippen LogP) is 2.93. The highest BCUT2D eigenvalue weighted by molar-refractivity contribution is 5.94. The van der Waals surface area contributed by atoms with Gasteiger partial charge in [0.1, 0.15) is 30.8 Å². The summed E-state index contributed by atoms with van der Waals surface area (Å²) in [6.07, 6.45) is -0.244. The highest BCUT2D eigenvalue weighted by atomic mass is 16.6. The number of hydrogen-bond donors (Lipinski definition) is 2. The van der Waals surface area contributed by atoms with E-state index < -0.39 is 54.7 Å². The van der Waals surface area contributed by atoms with E-state index in [2.05, 4.69) is 15.4 Å². The highest BCUT2D eigenvalue weighted by Gasteiger charge is 2.39. The molecule has 0 fully saturated rings. The number of nitrogens with zero attached hydrogens (tertiary/aromatic N) is 2. The number of carbonyl (C=O) groups excluding carboxylic acids is 4. The Bertz CT molecular complexity index is 975. The average molecular weight is 503 g/mol. The Morgan fingerprint density at radius 1 is 1.14 bits per heavy atom. The monoisotopic (exact) mass is 502 g/mol. The summed E-state index contributed by atoms with van der Waals surface area (Å²) in [4.78, 5) is 52.7. The van der Waals surface area contributed by atoms with E-state index >= 15 is 0 Å². The third-order valence-corrected chi connectivity index (χ3v) is 5.69. The van der Waals surface area contributed by atoms with Crippen LogP contribution in [0.1, 0.15) is 63.8 Å². The van der Waals surface area contributed by atoms with Crippen molar-refractivity contribution in [3.05, 3.63) is 34.9 Å². The van der Waals surface area contributed by atoms with Gasteiger partial charge in [0.05, 0.1) is 13.2 Å². The molecular formula is C26H38N4O6. The average Bonchev–Trinajstić information content (AvgIpc) is 2.80. The van der Waals surface area contributed by atoms with Crippen LogP contribution in [0.15, 0.2) is 18.2 Å². The Balaban J connectivity index is 3.57. The third-order valence-electron chi connectivity index (χ3n) is 5.69. The number of benzene rings is 1. The number of ether oxygens (including phenoxy) is 2. The fourth-order valence-corrected chi connectivity index (χ4v) is 3.68. The molecule has 0 aliphatic heterocycles. The number of hydrogen-bond acceptors (Lipinski definition) is 7. The predicted molar refractivity (Wildman–Crippen MR) is 134 cm³/mol. The molecule has 0 aromatic heterocycles. The second-order valence-electron chi connectivity index (χ2n) is 9.64. The molecule has 3 amide bonds. The van der Waals surface area contributed by atoms with Crippen LogP contribution < -0.4 is 10.6 Å². The van der Waals surface area contributed by atoms with Gasteiger partial charge in [-0.15, -0.1) is 0 Å². The fourth-order valence-electron chi connectivity index (χ4n) is 3.68. The molecule has 0 aliphatic carbocycles. The van der Waals surface area contributed by atoms with Gasteiger partial charge in [0.15, 0.2) is 0 Å². The Kier molecular flexibility index (Phi) is 11.4. The van der Waals surface area contributed by atoms with E-state index in [1.54, 1.807) is 53.7 Å². The number of esters is 1. The zero-order valence-electron chi connectivity index (χ0n) is 22.4. The van der Waals surface area contributed by atoms with Crippen LogP contribution in [0.4, 0.5) is 4.79 Å². The minimum atomic E-state index is -1.23. The van der Waals surface area contributed by atoms with Crippen molar-refractivity contribution in [2.75, 3.05) is 20.2 Å². The molecule has 0 saturated heterocycles. The number of nitrogens with one attached hydrogen (secondary N) is 2. The molecule has 3 atom stereocenters. The van der Waals surface area contributed by atoms with Crippen molar-refractivity contribution in [1.29, 1.82) is 5.26 Å². The van der Waals surface area contributed by atoms with Crippen molar-refractivity contribution in [3.8, 4) is 6.07 Å². The van der Waals surface area contributed by atoms with Gasteiger partial charge in [-0.3, -0.25) is 14.4 Å². The zero-order chi connectivity index (χ0) is 27.6. The number of alkyl carbamates (subject to hydrolysis) is 1. The Hall–Kier alpha value is -3.61. The van der Waals surface area contributed by atoms with Crippen molar-refractivity contribution in [2.24, 2.45) is 5.92 Å². The molecule has 1 aromatic rings. The lowest BCUT2D eigenvalue weighted by Gasteiger charge is -2.35. The van der Waals surface area contributed by atoms with Gasteiger partial charge < -0.3 is 25.0 Å². The zero-order valence-corrected chi connectivity index (χ0v) is 22.4. The first-order chi connectivity index (χ1) is 16.8. The molecule has 10 heteroatoms. The molecular weight excluding hydrogens is 464 g/mol. The highest BCUT2D eigenvalue weighted by Crippen LogP contribution is 2.29. The number of rotatable bonds is 10. The van der Waals surface area contributed by atoms with Crippen LogP contribution in [0, 0.1) is 31.1 Å². The van der Waals surface area contributed by atoms with Gasteiger partial charge in [0.2, 0.25) is 11.8 Å². The van der Waals surface area contributed by atoms with Crippen molar-refractivity contribution in [1.82, 2.24) is 15.5 Å². The van der Waals surface area contributed by atoms with E-state index in [9.17, 15) is 24.4 Å². The van der Waals surface area contributed by atoms with Crippen LogP contribution in [-0.2, 0) is 23.9 Å². The first-order valence-corrected chi connectivity index (χ1v) is 11.8. The quantitative estimate of drug-likeness (QED) is 0.371. The van der Waals surface area contributed by atoms with Crippen LogP contribution in [0.2, 0.25) is 0 Å². The Morgan fingerprint density at radius 2 is 1.72 bits per heavy atom. The van der Waals surface area contributed by atoms with E-state index in [-0.39, 0.29) is 5.92 Å². The number of methoxy groups -OCH3 is 1. The lowest BCUT2D eigenvalue weighted by molar-refractivity contribution is -0.144. The summed E-state index contributed by atoms with van der Waals surface area (Å²) in [5.41, 5.74) is 1.20. The third kappa shape index (κ3) is 8.56. The molecule has 0 radical (unpaired) electrons. The maximum Gasteiger partial charge on any atom is 0.408 e. The Labute approximate surface area is 213 Å². The van der Waals surface area contributed by atoms with Crippen molar-refractivity contribution in [2.45, 2.75) is 72.6 Å². The van der Waals surface area contributed by atoms with Gasteiger partial charge in [-0.25, -0.2) is 4.79 Å². The minimum absolute atomic E-state index is 0.331. The molecule has 0 saturated carbocycles. The molecule has 2 N–H and O–H groups in total. The molecule has 36 heavy (non-hydrogen) atoms. The standard InChI is InChI=1S/C26H38N4O6/c1-9-16(2)21(29-25(34)36-26(5,6)7)24(33)30(14-13-27)22(23(32)28-15-19(31)35-8)20-17(3)11-10-12-18(20)4/h10-12,16,21-22H,9,14-15H2,1-8H3,(H,28,32)(H,29,34). The summed E-state index contributed by atoms with van der Waals surface area (Å²) < 4.78 is 9.95. The number of aryl methyl sites for hydroxylation is 2. The first-order valence-electron chi connectivity index (χ1n) is 11.8. The lowest BCUT2D eigenvalue weighted by Crippen LogP contribution is -2.55. The number of carbonyl (C=O) groups is 4. The van der Waals surface area contributed by atoms with Crippen molar-refractivity contribution in [3.63, 3.8) is 0 Å². The molecule has 0 spiro atoms. The van der Waals surface area contributed by atoms with Crippen LogP contribution in [0.25, 0.3) is 0 Å². The number of amides is 3. The van der Waals surface area contributed by atoms with Gasteiger partial charge in [-0.2, -0.15) is 5.26 Å². The summed E-state index contributed by atoms with van der Waals surface area (Å²) >= 11 is 0. The SMILES string of the molecule is CCC(C)C(NC(=O)OC(C)(C)C)C(=O)N(CC#N)C(C(=O)NCC(=O)OC)c1c(C)cccc1C. The number of nitriles is 1. The minimum Gasteiger partial charge on any atom is -0.468 e. The van der Waals surface area contributed by atoms with E-state index in [1.807, 2.05) is 19.1 Å². The fraction of sp³-hybridized carbons (Fsp3) is 0.577. The van der Waals surface area contributed by atoms with Crippen LogP contribution in [0.3, 0.4) is 0 Å². The topological polar surface area (TPSA) is 138 Å². The van der Waals surface area contributed by atoms with Crippen molar-refractivity contribution < 1.29 is 28.7 Å². The molecule has 1 aromatic carbocycles. The van der Waals surface area contributed by atoms with E-state index in [1.165, 1.54) is 7.11 Å². The molecule has 0 aliphatic rings. The summed E-state index contributed by atoms with van der Waals surface area (Å²) in [6, 6.07) is 5.09. The van der Waals surface area contributed by atoms with Gasteiger partial charge in [0.25, 0.3) is 0 Å². The van der Waals surface area contributed by atoms with E-state index in [0.717, 1.165) is 16.0 Å². The first kappa shape index (κ1) is 30.4. The second-order valence-corrected chi connectivity index (χ2v) is 9.64. The maximum absolute atomic E-state index is 13.9. The summed E-state index contributed by atoms with van der Waals surface area (Å²) in [6.45, 7) is 11.5. The Morgan fingerprint density at radius 3 is 2.19 bits per heavy atom. The van der Waals surface area contributed by atoms with Crippen molar-refractivity contribution >= 4 is 23.9 Å². The molecule has 0 heterocycles. The molecule has 0 bridgehead atoms. The maximum atomic E-state index is 13.9. The van der Waals surface area contributed by atoms with E-state index in [0.29, 0.717) is 12.0 Å². The van der Waals surface area contributed by atoms with Crippen LogP contribution >= 0.6 is 0 Å². The lowest BCUT2D eigenvalue weighted by atomic mass is 9.92. The summed E-state index contributed by atoms with van der Waals surface area (Å²) in [7, 11) is 1.20. The molecule has 1 rings (SSSR count). The van der Waals surface area contributed by atoms with Gasteiger partial charge in [-0.05, 0) is 57.2 Å². The summed E-state index contributed by atoms with van der Waals surface area (Å²) in [5, 5.41) is 14.7. The van der Waals surface area contributed by atoms with Crippen LogP contribution in [0.5, 0.6) is 0 Å². The normalized spacial score (nSPS) is 13.4. The largest absolute Gasteiger partial charge is 0.468 e. The van der Waals surface area contributed by atoms with Gasteiger partial charge in [-0.1, -0.05) is 38.5 Å². The van der Waals surface area contributed by atoms with Crippen LogP contribution in [-0.4, -0.2) is 60.6 Å². The molecule has 3 unspecified atom stereocenters. The van der Waals surface area contributed by atoms with Gasteiger partial charge in [0, 0.05) is 0 Å². The molecule has 198 valence electrons. The van der Waals surface area contributed by atoms with Gasteiger partial charge >= 0.3 is 12.1 Å². The molecule has 10 nitrogen and oxygen atoms in total. The smallest absolute Gasteiger partial charge is 0.408 e. The second kappa shape index (κ2) is 13.5. The van der Waals surface area contributed by atoms with E-state index in [4.69, 9.17) is 4.74 Å².